The third-order valence-corrected chi connectivity index (χ3v) is 3.61. The standard InChI is InChI=1S/C14H24N2O3/c1-4-5-8-19-11(3)14(18)16-9-12(13(15)17)7-6-10(16)2/h4,10-12H,1,5-9H2,2-3H3,(H2,15,17). The van der Waals surface area contributed by atoms with Crippen LogP contribution in [0, 0.1) is 5.92 Å². The van der Waals surface area contributed by atoms with Gasteiger partial charge in [0.1, 0.15) is 6.10 Å². The molecule has 0 aromatic heterocycles. The Morgan fingerprint density at radius 1 is 1.53 bits per heavy atom. The van der Waals surface area contributed by atoms with Crippen LogP contribution < -0.4 is 5.73 Å². The molecule has 2 N–H and O–H groups in total. The van der Waals surface area contributed by atoms with Gasteiger partial charge >= 0.3 is 0 Å². The van der Waals surface area contributed by atoms with E-state index in [2.05, 4.69) is 6.58 Å². The molecular formula is C14H24N2O3. The van der Waals surface area contributed by atoms with Crippen molar-refractivity contribution in [3.05, 3.63) is 12.7 Å². The van der Waals surface area contributed by atoms with Gasteiger partial charge in [0.15, 0.2) is 0 Å². The third kappa shape index (κ3) is 4.35. The lowest BCUT2D eigenvalue weighted by molar-refractivity contribution is -0.148. The van der Waals surface area contributed by atoms with Crippen LogP contribution in [-0.2, 0) is 14.3 Å². The average Bonchev–Trinajstić information content (AvgIpc) is 2.38. The lowest BCUT2D eigenvalue weighted by atomic mass is 9.92. The van der Waals surface area contributed by atoms with Crippen molar-refractivity contribution in [1.29, 1.82) is 0 Å². The number of hydrogen-bond acceptors (Lipinski definition) is 3. The Balaban J connectivity index is 2.57. The zero-order chi connectivity index (χ0) is 14.4. The monoisotopic (exact) mass is 268 g/mol. The van der Waals surface area contributed by atoms with Crippen LogP contribution in [0.2, 0.25) is 0 Å². The van der Waals surface area contributed by atoms with Crippen LogP contribution in [0.4, 0.5) is 0 Å². The molecule has 1 aliphatic heterocycles. The molecule has 1 fully saturated rings. The summed E-state index contributed by atoms with van der Waals surface area (Å²) in [6.45, 7) is 8.23. The molecule has 5 heteroatoms. The minimum atomic E-state index is -0.492. The summed E-state index contributed by atoms with van der Waals surface area (Å²) in [5.74, 6) is -0.632. The molecule has 1 saturated heterocycles. The quantitative estimate of drug-likeness (QED) is 0.578. The van der Waals surface area contributed by atoms with Gasteiger partial charge in [0.05, 0.1) is 12.5 Å². The van der Waals surface area contributed by atoms with E-state index in [0.717, 1.165) is 19.3 Å². The van der Waals surface area contributed by atoms with Gasteiger partial charge < -0.3 is 15.4 Å². The Morgan fingerprint density at radius 2 is 2.21 bits per heavy atom. The van der Waals surface area contributed by atoms with Gasteiger partial charge in [-0.3, -0.25) is 9.59 Å². The molecule has 0 saturated carbocycles. The summed E-state index contributed by atoms with van der Waals surface area (Å²) in [6.07, 6.45) is 3.54. The molecule has 0 radical (unpaired) electrons. The van der Waals surface area contributed by atoms with Crippen LogP contribution in [0.5, 0.6) is 0 Å². The Labute approximate surface area is 114 Å². The van der Waals surface area contributed by atoms with Crippen molar-refractivity contribution in [2.75, 3.05) is 13.2 Å². The van der Waals surface area contributed by atoms with Gasteiger partial charge in [-0.1, -0.05) is 6.08 Å². The molecule has 3 atom stereocenters. The Morgan fingerprint density at radius 3 is 2.79 bits per heavy atom. The number of carbonyl (C=O) groups is 2. The molecule has 1 aliphatic rings. The van der Waals surface area contributed by atoms with E-state index in [4.69, 9.17) is 10.5 Å². The number of amides is 2. The molecule has 0 aromatic rings. The lowest BCUT2D eigenvalue weighted by Gasteiger charge is -2.38. The van der Waals surface area contributed by atoms with Crippen molar-refractivity contribution >= 4 is 11.8 Å². The first kappa shape index (κ1) is 15.7. The van der Waals surface area contributed by atoms with Gasteiger partial charge in [-0.05, 0) is 33.1 Å². The lowest BCUT2D eigenvalue weighted by Crippen LogP contribution is -2.51. The average molecular weight is 268 g/mol. The van der Waals surface area contributed by atoms with Gasteiger partial charge in [0.25, 0.3) is 5.91 Å². The molecule has 0 aliphatic carbocycles. The molecule has 1 rings (SSSR count). The fourth-order valence-corrected chi connectivity index (χ4v) is 2.28. The number of piperidine rings is 1. The normalized spacial score (nSPS) is 24.8. The highest BCUT2D eigenvalue weighted by Crippen LogP contribution is 2.22. The first-order chi connectivity index (χ1) is 8.97. The van der Waals surface area contributed by atoms with E-state index < -0.39 is 6.10 Å². The highest BCUT2D eigenvalue weighted by molar-refractivity contribution is 5.83. The van der Waals surface area contributed by atoms with Crippen molar-refractivity contribution in [1.82, 2.24) is 4.90 Å². The van der Waals surface area contributed by atoms with Gasteiger partial charge in [0.2, 0.25) is 5.91 Å². The Kier molecular flexibility index (Phi) is 6.02. The van der Waals surface area contributed by atoms with E-state index in [9.17, 15) is 9.59 Å². The molecule has 19 heavy (non-hydrogen) atoms. The summed E-state index contributed by atoms with van der Waals surface area (Å²) in [7, 11) is 0. The van der Waals surface area contributed by atoms with Crippen LogP contribution in [-0.4, -0.2) is 42.0 Å². The topological polar surface area (TPSA) is 72.6 Å². The molecular weight excluding hydrogens is 244 g/mol. The summed E-state index contributed by atoms with van der Waals surface area (Å²) in [4.78, 5) is 25.3. The van der Waals surface area contributed by atoms with Crippen LogP contribution >= 0.6 is 0 Å². The van der Waals surface area contributed by atoms with Crippen LogP contribution in [0.15, 0.2) is 12.7 Å². The highest BCUT2D eigenvalue weighted by atomic mass is 16.5. The number of nitrogens with two attached hydrogens (primary N) is 1. The van der Waals surface area contributed by atoms with Crippen LogP contribution in [0.1, 0.15) is 33.1 Å². The Bertz CT molecular complexity index is 344. The predicted molar refractivity (Wildman–Crippen MR) is 73.3 cm³/mol. The molecule has 108 valence electrons. The maximum absolute atomic E-state index is 12.3. The van der Waals surface area contributed by atoms with E-state index in [1.807, 2.05) is 6.92 Å². The summed E-state index contributed by atoms with van der Waals surface area (Å²) in [5.41, 5.74) is 5.33. The first-order valence-corrected chi connectivity index (χ1v) is 6.79. The minimum Gasteiger partial charge on any atom is -0.369 e. The second-order valence-electron chi connectivity index (χ2n) is 5.11. The molecule has 0 aromatic carbocycles. The SMILES string of the molecule is C=CCCOC(C)C(=O)N1CC(C(N)=O)CCC1C. The third-order valence-electron chi connectivity index (χ3n) is 3.61. The maximum Gasteiger partial charge on any atom is 0.251 e. The second kappa shape index (κ2) is 7.28. The van der Waals surface area contributed by atoms with Crippen LogP contribution in [0.25, 0.3) is 0 Å². The number of nitrogens with zero attached hydrogens (tertiary/aromatic N) is 1. The number of primary amides is 1. The van der Waals surface area contributed by atoms with E-state index >= 15 is 0 Å². The predicted octanol–water partition coefficient (Wildman–Crippen LogP) is 1.08. The van der Waals surface area contributed by atoms with E-state index in [1.54, 1.807) is 17.9 Å². The summed E-state index contributed by atoms with van der Waals surface area (Å²) >= 11 is 0. The molecule has 1 heterocycles. The minimum absolute atomic E-state index is 0.0671. The van der Waals surface area contributed by atoms with Crippen molar-refractivity contribution in [2.24, 2.45) is 11.7 Å². The van der Waals surface area contributed by atoms with Gasteiger partial charge in [-0.15, -0.1) is 6.58 Å². The molecule has 0 spiro atoms. The van der Waals surface area contributed by atoms with Crippen molar-refractivity contribution in [2.45, 2.75) is 45.3 Å². The number of likely N-dealkylation sites (tertiary alicyclic amines) is 1. The van der Waals surface area contributed by atoms with Crippen molar-refractivity contribution < 1.29 is 14.3 Å². The summed E-state index contributed by atoms with van der Waals surface area (Å²) in [5, 5.41) is 0. The number of hydrogen-bond donors (Lipinski definition) is 1. The molecule has 5 nitrogen and oxygen atoms in total. The fraction of sp³-hybridized carbons (Fsp3) is 0.714. The molecule has 0 bridgehead atoms. The second-order valence-corrected chi connectivity index (χ2v) is 5.11. The van der Waals surface area contributed by atoms with E-state index in [0.29, 0.717) is 13.2 Å². The smallest absolute Gasteiger partial charge is 0.251 e. The van der Waals surface area contributed by atoms with Crippen molar-refractivity contribution in [3.63, 3.8) is 0 Å². The van der Waals surface area contributed by atoms with Gasteiger partial charge in [0, 0.05) is 12.6 Å². The zero-order valence-electron chi connectivity index (χ0n) is 11.8. The number of carbonyl (C=O) groups excluding carboxylic acids is 2. The van der Waals surface area contributed by atoms with Gasteiger partial charge in [-0.25, -0.2) is 0 Å². The van der Waals surface area contributed by atoms with Gasteiger partial charge in [-0.2, -0.15) is 0 Å². The number of ether oxygens (including phenoxy) is 1. The molecule has 3 unspecified atom stereocenters. The fourth-order valence-electron chi connectivity index (χ4n) is 2.28. The van der Waals surface area contributed by atoms with Crippen LogP contribution in [0.3, 0.4) is 0 Å². The summed E-state index contributed by atoms with van der Waals surface area (Å²) < 4.78 is 5.46. The van der Waals surface area contributed by atoms with E-state index in [-0.39, 0.29) is 23.8 Å². The highest BCUT2D eigenvalue weighted by Gasteiger charge is 2.33. The molecule has 2 amide bonds. The Hall–Kier alpha value is -1.36. The largest absolute Gasteiger partial charge is 0.369 e. The first-order valence-electron chi connectivity index (χ1n) is 6.79. The summed E-state index contributed by atoms with van der Waals surface area (Å²) in [6, 6.07) is 0.133. The maximum atomic E-state index is 12.3. The zero-order valence-corrected chi connectivity index (χ0v) is 11.8. The van der Waals surface area contributed by atoms with E-state index in [1.165, 1.54) is 0 Å². The van der Waals surface area contributed by atoms with Crippen molar-refractivity contribution in [3.8, 4) is 0 Å². The number of rotatable bonds is 6.